The number of rotatable bonds is 4. The zero-order chi connectivity index (χ0) is 14.8. The topological polar surface area (TPSA) is 87.0 Å². The molecule has 1 aromatic carbocycles. The molecule has 3 N–H and O–H groups in total. The Morgan fingerprint density at radius 1 is 1.35 bits per heavy atom. The summed E-state index contributed by atoms with van der Waals surface area (Å²) < 4.78 is 18.2. The number of carboxylic acids is 1. The monoisotopic (exact) mass is 282 g/mol. The van der Waals surface area contributed by atoms with Gasteiger partial charge in [-0.2, -0.15) is 0 Å². The molecule has 0 bridgehead atoms. The van der Waals surface area contributed by atoms with Crippen molar-refractivity contribution < 1.29 is 29.2 Å². The minimum absolute atomic E-state index is 0.0419. The van der Waals surface area contributed by atoms with Crippen LogP contribution in [-0.2, 0) is 16.1 Å². The van der Waals surface area contributed by atoms with E-state index in [1.165, 1.54) is 36.4 Å². The summed E-state index contributed by atoms with van der Waals surface area (Å²) in [5.74, 6) is -1.64. The van der Waals surface area contributed by atoms with Gasteiger partial charge in [-0.1, -0.05) is 18.2 Å². The van der Waals surface area contributed by atoms with Crippen LogP contribution in [0.15, 0.2) is 36.4 Å². The average Bonchev–Trinajstić information content (AvgIpc) is 2.42. The highest BCUT2D eigenvalue weighted by atomic mass is 19.1. The Kier molecular flexibility index (Phi) is 4.17. The molecule has 108 valence electrons. The molecule has 20 heavy (non-hydrogen) atoms. The number of ether oxygens (including phenoxy) is 1. The molecule has 0 saturated carbocycles. The number of hydrogen-bond donors (Lipinski definition) is 3. The molecule has 0 amide bonds. The van der Waals surface area contributed by atoms with Gasteiger partial charge in [0.1, 0.15) is 5.82 Å². The van der Waals surface area contributed by atoms with Gasteiger partial charge >= 0.3 is 5.97 Å². The van der Waals surface area contributed by atoms with Crippen LogP contribution in [0.1, 0.15) is 12.0 Å². The summed E-state index contributed by atoms with van der Waals surface area (Å²) >= 11 is 0. The normalized spacial score (nSPS) is 29.4. The zero-order valence-corrected chi connectivity index (χ0v) is 10.6. The van der Waals surface area contributed by atoms with Crippen LogP contribution in [0, 0.1) is 5.82 Å². The molecule has 0 radical (unpaired) electrons. The van der Waals surface area contributed by atoms with Crippen LogP contribution in [-0.4, -0.2) is 39.1 Å². The number of aliphatic carboxylic acids is 1. The molecule has 0 aliphatic heterocycles. The second-order valence-corrected chi connectivity index (χ2v) is 4.73. The smallest absolute Gasteiger partial charge is 0.340 e. The fourth-order valence-corrected chi connectivity index (χ4v) is 2.00. The molecule has 1 aliphatic rings. The van der Waals surface area contributed by atoms with E-state index in [0.717, 1.165) is 0 Å². The van der Waals surface area contributed by atoms with E-state index in [1.807, 2.05) is 0 Å². The van der Waals surface area contributed by atoms with E-state index in [4.69, 9.17) is 4.74 Å². The Bertz CT molecular complexity index is 513. The first-order valence-corrected chi connectivity index (χ1v) is 6.10. The van der Waals surface area contributed by atoms with Crippen molar-refractivity contribution in [3.63, 3.8) is 0 Å². The number of carbonyl (C=O) groups is 1. The molecule has 0 aromatic heterocycles. The first-order chi connectivity index (χ1) is 9.43. The van der Waals surface area contributed by atoms with E-state index < -0.39 is 29.6 Å². The Morgan fingerprint density at radius 2 is 2.00 bits per heavy atom. The number of aliphatic hydroxyl groups excluding tert-OH is 2. The zero-order valence-electron chi connectivity index (χ0n) is 10.6. The molecule has 0 fully saturated rings. The highest BCUT2D eigenvalue weighted by Gasteiger charge is 2.43. The van der Waals surface area contributed by atoms with Gasteiger partial charge < -0.3 is 20.1 Å². The molecule has 1 aliphatic carbocycles. The summed E-state index contributed by atoms with van der Waals surface area (Å²) in [6.45, 7) is -0.0419. The highest BCUT2D eigenvalue weighted by molar-refractivity contribution is 5.80. The van der Waals surface area contributed by atoms with Crippen molar-refractivity contribution in [2.24, 2.45) is 0 Å². The van der Waals surface area contributed by atoms with Crippen LogP contribution in [0.4, 0.5) is 4.39 Å². The summed E-state index contributed by atoms with van der Waals surface area (Å²) in [5, 5.41) is 28.3. The minimum Gasteiger partial charge on any atom is -0.479 e. The third-order valence-corrected chi connectivity index (χ3v) is 3.24. The Labute approximate surface area is 114 Å². The van der Waals surface area contributed by atoms with Gasteiger partial charge in [0.2, 0.25) is 0 Å². The maximum absolute atomic E-state index is 12.8. The molecule has 0 unspecified atom stereocenters. The lowest BCUT2D eigenvalue weighted by molar-refractivity contribution is -0.167. The number of hydrogen-bond acceptors (Lipinski definition) is 4. The van der Waals surface area contributed by atoms with E-state index in [-0.39, 0.29) is 13.0 Å². The molecule has 0 heterocycles. The van der Waals surface area contributed by atoms with Gasteiger partial charge in [0.25, 0.3) is 0 Å². The molecule has 0 saturated heterocycles. The predicted molar refractivity (Wildman–Crippen MR) is 67.3 cm³/mol. The second kappa shape index (κ2) is 5.70. The fraction of sp³-hybridized carbons (Fsp3) is 0.357. The predicted octanol–water partition coefficient (Wildman–Crippen LogP) is 0.847. The number of benzene rings is 1. The first kappa shape index (κ1) is 14.6. The maximum atomic E-state index is 12.8. The molecular weight excluding hydrogens is 267 g/mol. The molecular formula is C14H15FO5. The largest absolute Gasteiger partial charge is 0.479 e. The van der Waals surface area contributed by atoms with E-state index in [2.05, 4.69) is 0 Å². The molecule has 0 spiro atoms. The lowest BCUT2D eigenvalue weighted by Crippen LogP contribution is -2.48. The minimum atomic E-state index is -1.69. The van der Waals surface area contributed by atoms with E-state index >= 15 is 0 Å². The van der Waals surface area contributed by atoms with Gasteiger partial charge in [0, 0.05) is 6.42 Å². The third-order valence-electron chi connectivity index (χ3n) is 3.24. The quantitative estimate of drug-likeness (QED) is 0.713. The second-order valence-electron chi connectivity index (χ2n) is 4.73. The van der Waals surface area contributed by atoms with E-state index in [0.29, 0.717) is 5.56 Å². The molecule has 3 atom stereocenters. The molecule has 2 rings (SSSR count). The standard InChI is InChI=1S/C14H15FO5/c15-10-3-1-9(2-4-10)8-20-14(13(18)19)6-5-11(16)12(17)7-14/h1-6,11-12,16-17H,7-8H2,(H,18,19)/t11-,12-,14+/m1/s1. The Balaban J connectivity index is 2.12. The van der Waals surface area contributed by atoms with Gasteiger partial charge in [-0.15, -0.1) is 0 Å². The van der Waals surface area contributed by atoms with Crippen molar-refractivity contribution in [1.29, 1.82) is 0 Å². The van der Waals surface area contributed by atoms with Crippen LogP contribution >= 0.6 is 0 Å². The van der Waals surface area contributed by atoms with Crippen molar-refractivity contribution in [2.75, 3.05) is 0 Å². The van der Waals surface area contributed by atoms with Crippen LogP contribution in [0.3, 0.4) is 0 Å². The summed E-state index contributed by atoms with van der Waals surface area (Å²) in [4.78, 5) is 11.4. The Morgan fingerprint density at radius 3 is 2.55 bits per heavy atom. The van der Waals surface area contributed by atoms with Crippen molar-refractivity contribution in [3.05, 3.63) is 47.8 Å². The van der Waals surface area contributed by atoms with E-state index in [1.54, 1.807) is 0 Å². The van der Waals surface area contributed by atoms with E-state index in [9.17, 15) is 24.5 Å². The summed E-state index contributed by atoms with van der Waals surface area (Å²) in [6, 6.07) is 5.48. The van der Waals surface area contributed by atoms with Crippen LogP contribution in [0.5, 0.6) is 0 Å². The first-order valence-electron chi connectivity index (χ1n) is 6.10. The lowest BCUT2D eigenvalue weighted by atomic mass is 9.87. The maximum Gasteiger partial charge on any atom is 0.340 e. The van der Waals surface area contributed by atoms with Crippen molar-refractivity contribution >= 4 is 5.97 Å². The number of carboxylic acid groups (broad SMARTS) is 1. The summed E-state index contributed by atoms with van der Waals surface area (Å²) in [6.07, 6.45) is -0.120. The van der Waals surface area contributed by atoms with Gasteiger partial charge in [-0.3, -0.25) is 0 Å². The summed E-state index contributed by atoms with van der Waals surface area (Å²) in [5.41, 5.74) is -1.08. The molecule has 5 nitrogen and oxygen atoms in total. The highest BCUT2D eigenvalue weighted by Crippen LogP contribution is 2.28. The molecule has 1 aromatic rings. The van der Waals surface area contributed by atoms with Crippen LogP contribution < -0.4 is 0 Å². The van der Waals surface area contributed by atoms with Crippen molar-refractivity contribution in [2.45, 2.75) is 30.8 Å². The summed E-state index contributed by atoms with van der Waals surface area (Å²) in [7, 11) is 0. The third kappa shape index (κ3) is 3.04. The lowest BCUT2D eigenvalue weighted by Gasteiger charge is -2.33. The fourth-order valence-electron chi connectivity index (χ4n) is 2.00. The van der Waals surface area contributed by atoms with Gasteiger partial charge in [0.05, 0.1) is 18.8 Å². The SMILES string of the molecule is O=C(O)[C@]1(OCc2ccc(F)cc2)C=C[C@@H](O)[C@H](O)C1. The average molecular weight is 282 g/mol. The van der Waals surface area contributed by atoms with Crippen molar-refractivity contribution in [3.8, 4) is 0 Å². The van der Waals surface area contributed by atoms with Gasteiger partial charge in [-0.25, -0.2) is 9.18 Å². The molecule has 6 heteroatoms. The number of halogens is 1. The van der Waals surface area contributed by atoms with Gasteiger partial charge in [0.15, 0.2) is 5.60 Å². The van der Waals surface area contributed by atoms with Crippen LogP contribution in [0.25, 0.3) is 0 Å². The van der Waals surface area contributed by atoms with Crippen LogP contribution in [0.2, 0.25) is 0 Å². The van der Waals surface area contributed by atoms with Gasteiger partial charge in [-0.05, 0) is 23.8 Å². The Hall–Kier alpha value is -1.76. The van der Waals surface area contributed by atoms with Crippen molar-refractivity contribution in [1.82, 2.24) is 0 Å². The number of aliphatic hydroxyl groups is 2.